The minimum atomic E-state index is -0.612. The van der Waals surface area contributed by atoms with Crippen molar-refractivity contribution in [3.63, 3.8) is 0 Å². The fourth-order valence-electron chi connectivity index (χ4n) is 3.75. The summed E-state index contributed by atoms with van der Waals surface area (Å²) in [4.78, 5) is 41.3. The molecular formula is C27H23Br2N5O5. The maximum absolute atomic E-state index is 13.2. The standard InChI is InChI=1S/C27H23Br2N5O5/c1-3-4-24-32-22-10-7-18(28)13-20(22)27(36)33(24)30-14-17-11-21(29)26(23(12-17)34(37)38)39-15-25(35)31-19-8-5-16(2)6-9-19/h5-14H,3-4,15H2,1-2H3,(H,31,35). The van der Waals surface area contributed by atoms with Gasteiger partial charge < -0.3 is 10.1 Å². The van der Waals surface area contributed by atoms with Crippen LogP contribution in [0.3, 0.4) is 0 Å². The maximum atomic E-state index is 13.2. The van der Waals surface area contributed by atoms with E-state index < -0.39 is 17.4 Å². The number of nitrogens with one attached hydrogen (secondary N) is 1. The van der Waals surface area contributed by atoms with Crippen LogP contribution in [0.4, 0.5) is 11.4 Å². The molecule has 1 N–H and O–H groups in total. The van der Waals surface area contributed by atoms with Crippen LogP contribution in [0, 0.1) is 17.0 Å². The number of rotatable bonds is 9. The Morgan fingerprint density at radius 1 is 1.18 bits per heavy atom. The zero-order valence-corrected chi connectivity index (χ0v) is 24.2. The molecule has 0 atom stereocenters. The Hall–Kier alpha value is -3.90. The van der Waals surface area contributed by atoms with Gasteiger partial charge in [-0.3, -0.25) is 19.7 Å². The number of hydrogen-bond acceptors (Lipinski definition) is 7. The second kappa shape index (κ2) is 12.3. The number of halogens is 2. The summed E-state index contributed by atoms with van der Waals surface area (Å²) in [6.07, 6.45) is 2.60. The molecule has 0 spiro atoms. The normalized spacial score (nSPS) is 11.2. The van der Waals surface area contributed by atoms with Crippen molar-refractivity contribution >= 4 is 66.3 Å². The third kappa shape index (κ3) is 6.76. The van der Waals surface area contributed by atoms with Gasteiger partial charge in [0, 0.05) is 28.2 Å². The van der Waals surface area contributed by atoms with Crippen molar-refractivity contribution in [1.82, 2.24) is 9.66 Å². The number of amides is 1. The van der Waals surface area contributed by atoms with Gasteiger partial charge in [0.1, 0.15) is 5.82 Å². The summed E-state index contributed by atoms with van der Waals surface area (Å²) in [6, 6.07) is 15.3. The van der Waals surface area contributed by atoms with E-state index in [1.807, 2.05) is 32.0 Å². The average molecular weight is 657 g/mol. The Bertz CT molecular complexity index is 1650. The van der Waals surface area contributed by atoms with Crippen molar-refractivity contribution in [1.29, 1.82) is 0 Å². The summed E-state index contributed by atoms with van der Waals surface area (Å²) in [5.41, 5.74) is 1.81. The molecule has 39 heavy (non-hydrogen) atoms. The third-order valence-corrected chi connectivity index (χ3v) is 6.68. The Balaban J connectivity index is 1.61. The van der Waals surface area contributed by atoms with Crippen LogP contribution in [-0.2, 0) is 11.2 Å². The molecule has 4 aromatic rings. The molecule has 4 rings (SSSR count). The Kier molecular flexibility index (Phi) is 8.87. The van der Waals surface area contributed by atoms with Crippen LogP contribution in [0.1, 0.15) is 30.3 Å². The molecule has 0 aliphatic heterocycles. The summed E-state index contributed by atoms with van der Waals surface area (Å²) in [7, 11) is 0. The van der Waals surface area contributed by atoms with E-state index in [4.69, 9.17) is 4.74 Å². The van der Waals surface area contributed by atoms with E-state index >= 15 is 0 Å². The average Bonchev–Trinajstić information content (AvgIpc) is 2.89. The lowest BCUT2D eigenvalue weighted by molar-refractivity contribution is -0.385. The summed E-state index contributed by atoms with van der Waals surface area (Å²) < 4.78 is 7.71. The zero-order chi connectivity index (χ0) is 28.1. The number of benzene rings is 3. The van der Waals surface area contributed by atoms with Crippen molar-refractivity contribution in [2.24, 2.45) is 5.10 Å². The fourth-order valence-corrected chi connectivity index (χ4v) is 4.69. The lowest BCUT2D eigenvalue weighted by atomic mass is 10.2. The van der Waals surface area contributed by atoms with E-state index in [-0.39, 0.29) is 21.5 Å². The molecule has 200 valence electrons. The summed E-state index contributed by atoms with van der Waals surface area (Å²) in [5.74, 6) is -0.0945. The molecule has 0 saturated heterocycles. The molecule has 1 amide bonds. The number of nitrogens with zero attached hydrogens (tertiary/aromatic N) is 4. The number of nitro groups is 1. The van der Waals surface area contributed by atoms with E-state index in [0.29, 0.717) is 34.4 Å². The Morgan fingerprint density at radius 2 is 1.92 bits per heavy atom. The Morgan fingerprint density at radius 3 is 2.62 bits per heavy atom. The molecule has 0 aliphatic rings. The molecule has 3 aromatic carbocycles. The predicted molar refractivity (Wildman–Crippen MR) is 157 cm³/mol. The van der Waals surface area contributed by atoms with Gasteiger partial charge in [0.2, 0.25) is 5.75 Å². The van der Waals surface area contributed by atoms with Crippen LogP contribution in [0.15, 0.2) is 73.4 Å². The maximum Gasteiger partial charge on any atom is 0.312 e. The number of carbonyl (C=O) groups excluding carboxylic acids is 1. The lowest BCUT2D eigenvalue weighted by Gasteiger charge is -2.11. The molecule has 1 heterocycles. The minimum absolute atomic E-state index is 0.0998. The van der Waals surface area contributed by atoms with Gasteiger partial charge in [0.25, 0.3) is 11.5 Å². The number of aromatic nitrogens is 2. The van der Waals surface area contributed by atoms with E-state index in [1.54, 1.807) is 30.3 Å². The van der Waals surface area contributed by atoms with Crippen LogP contribution < -0.4 is 15.6 Å². The molecular weight excluding hydrogens is 634 g/mol. The van der Waals surface area contributed by atoms with E-state index in [9.17, 15) is 19.7 Å². The first-order valence-electron chi connectivity index (χ1n) is 11.9. The van der Waals surface area contributed by atoms with Gasteiger partial charge in [-0.2, -0.15) is 9.78 Å². The van der Waals surface area contributed by atoms with Crippen molar-refractivity contribution in [2.45, 2.75) is 26.7 Å². The van der Waals surface area contributed by atoms with Gasteiger partial charge in [-0.1, -0.05) is 40.5 Å². The first-order chi connectivity index (χ1) is 18.7. The fraction of sp³-hybridized carbons (Fsp3) is 0.185. The largest absolute Gasteiger partial charge is 0.476 e. The van der Waals surface area contributed by atoms with Gasteiger partial charge in [-0.25, -0.2) is 4.98 Å². The number of fused-ring (bicyclic) bond motifs is 1. The van der Waals surface area contributed by atoms with Crippen LogP contribution in [0.5, 0.6) is 5.75 Å². The zero-order valence-electron chi connectivity index (χ0n) is 21.0. The van der Waals surface area contributed by atoms with Gasteiger partial charge in [-0.05, 0) is 65.7 Å². The molecule has 1 aromatic heterocycles. The van der Waals surface area contributed by atoms with Gasteiger partial charge in [0.15, 0.2) is 6.61 Å². The Labute approximate surface area is 240 Å². The van der Waals surface area contributed by atoms with Crippen LogP contribution in [0.25, 0.3) is 10.9 Å². The highest BCUT2D eigenvalue weighted by Gasteiger charge is 2.21. The van der Waals surface area contributed by atoms with Crippen LogP contribution in [-0.4, -0.2) is 33.3 Å². The van der Waals surface area contributed by atoms with Gasteiger partial charge >= 0.3 is 5.69 Å². The van der Waals surface area contributed by atoms with Crippen molar-refractivity contribution < 1.29 is 14.5 Å². The second-order valence-corrected chi connectivity index (χ2v) is 10.4. The van der Waals surface area contributed by atoms with Crippen molar-refractivity contribution in [3.05, 3.63) is 101 Å². The molecule has 0 saturated carbocycles. The third-order valence-electron chi connectivity index (χ3n) is 5.60. The van der Waals surface area contributed by atoms with E-state index in [1.165, 1.54) is 17.0 Å². The first kappa shape index (κ1) is 28.1. The van der Waals surface area contributed by atoms with Crippen molar-refractivity contribution in [3.8, 4) is 5.75 Å². The number of aryl methyl sites for hydroxylation is 2. The molecule has 0 bridgehead atoms. The highest BCUT2D eigenvalue weighted by Crippen LogP contribution is 2.36. The highest BCUT2D eigenvalue weighted by molar-refractivity contribution is 9.10. The number of ether oxygens (including phenoxy) is 1. The highest BCUT2D eigenvalue weighted by atomic mass is 79.9. The summed E-state index contributed by atoms with van der Waals surface area (Å²) in [6.45, 7) is 3.46. The second-order valence-electron chi connectivity index (χ2n) is 8.61. The van der Waals surface area contributed by atoms with E-state index in [2.05, 4.69) is 47.3 Å². The topological polar surface area (TPSA) is 129 Å². The number of hydrogen-bond donors (Lipinski definition) is 1. The summed E-state index contributed by atoms with van der Waals surface area (Å²) in [5, 5.41) is 19.2. The van der Waals surface area contributed by atoms with Crippen molar-refractivity contribution in [2.75, 3.05) is 11.9 Å². The molecule has 0 fully saturated rings. The quantitative estimate of drug-likeness (QED) is 0.134. The SMILES string of the molecule is CCCc1nc2ccc(Br)cc2c(=O)n1N=Cc1cc(Br)c(OCC(=O)Nc2ccc(C)cc2)c([N+](=O)[O-])c1. The number of nitro benzene ring substituents is 1. The van der Waals surface area contributed by atoms with Gasteiger partial charge in [0.05, 0.1) is 26.5 Å². The molecule has 0 unspecified atom stereocenters. The van der Waals surface area contributed by atoms with E-state index in [0.717, 1.165) is 16.5 Å². The minimum Gasteiger partial charge on any atom is -0.476 e. The number of anilines is 1. The molecule has 0 radical (unpaired) electrons. The van der Waals surface area contributed by atoms with Gasteiger partial charge in [-0.15, -0.1) is 0 Å². The monoisotopic (exact) mass is 655 g/mol. The molecule has 12 heteroatoms. The predicted octanol–water partition coefficient (Wildman–Crippen LogP) is 5.99. The first-order valence-corrected chi connectivity index (χ1v) is 13.5. The molecule has 10 nitrogen and oxygen atoms in total. The smallest absolute Gasteiger partial charge is 0.312 e. The number of carbonyl (C=O) groups is 1. The lowest BCUT2D eigenvalue weighted by Crippen LogP contribution is -2.22. The van der Waals surface area contributed by atoms with Crippen LogP contribution >= 0.6 is 31.9 Å². The van der Waals surface area contributed by atoms with Crippen LogP contribution in [0.2, 0.25) is 0 Å². The molecule has 0 aliphatic carbocycles. The summed E-state index contributed by atoms with van der Waals surface area (Å²) >= 11 is 6.68.